The maximum Gasteiger partial charge on any atom is 0.225 e. The summed E-state index contributed by atoms with van der Waals surface area (Å²) in [5.41, 5.74) is 8.75. The monoisotopic (exact) mass is 233 g/mol. The minimum Gasteiger partial charge on any atom is -0.335 e. The number of aromatic nitrogens is 2. The Morgan fingerprint density at radius 1 is 1.59 bits per heavy atom. The second-order valence-corrected chi connectivity index (χ2v) is 3.89. The van der Waals surface area contributed by atoms with Gasteiger partial charge >= 0.3 is 0 Å². The van der Waals surface area contributed by atoms with Crippen LogP contribution in [-0.2, 0) is 0 Å². The van der Waals surface area contributed by atoms with Crippen LogP contribution in [0.4, 0.5) is 11.6 Å². The van der Waals surface area contributed by atoms with E-state index < -0.39 is 0 Å². The standard InChI is InChI=1S/C10H15N7/c1-2-9-7-12-3-4-17(9)10-13-5-8(6-14-10)15-16-11/h5-6,9,12H,2-4,7H2,1H3. The molecule has 1 aromatic heterocycles. The molecule has 17 heavy (non-hydrogen) atoms. The van der Waals surface area contributed by atoms with Crippen molar-refractivity contribution in [1.29, 1.82) is 0 Å². The molecular weight excluding hydrogens is 218 g/mol. The van der Waals surface area contributed by atoms with Gasteiger partial charge in [0.2, 0.25) is 5.95 Å². The molecule has 1 fully saturated rings. The number of nitrogens with one attached hydrogen (secondary N) is 1. The van der Waals surface area contributed by atoms with Gasteiger partial charge in [0.15, 0.2) is 0 Å². The summed E-state index contributed by atoms with van der Waals surface area (Å²) in [7, 11) is 0. The van der Waals surface area contributed by atoms with E-state index in [9.17, 15) is 0 Å². The molecule has 1 unspecified atom stereocenters. The zero-order valence-corrected chi connectivity index (χ0v) is 9.74. The Morgan fingerprint density at radius 3 is 3.00 bits per heavy atom. The van der Waals surface area contributed by atoms with Crippen molar-refractivity contribution < 1.29 is 0 Å². The van der Waals surface area contributed by atoms with Crippen molar-refractivity contribution in [2.45, 2.75) is 19.4 Å². The molecule has 7 nitrogen and oxygen atoms in total. The van der Waals surface area contributed by atoms with E-state index in [2.05, 4.69) is 37.1 Å². The normalized spacial score (nSPS) is 19.8. The first-order chi connectivity index (χ1) is 8.35. The van der Waals surface area contributed by atoms with Crippen LogP contribution >= 0.6 is 0 Å². The first-order valence-electron chi connectivity index (χ1n) is 5.69. The van der Waals surface area contributed by atoms with E-state index in [4.69, 9.17) is 5.53 Å². The number of piperazine rings is 1. The van der Waals surface area contributed by atoms with E-state index in [1.165, 1.54) is 0 Å². The minimum absolute atomic E-state index is 0.425. The summed E-state index contributed by atoms with van der Waals surface area (Å²) in [6.07, 6.45) is 4.15. The van der Waals surface area contributed by atoms with Crippen molar-refractivity contribution in [3.63, 3.8) is 0 Å². The van der Waals surface area contributed by atoms with Crippen molar-refractivity contribution in [2.75, 3.05) is 24.5 Å². The molecule has 1 aliphatic heterocycles. The van der Waals surface area contributed by atoms with Crippen molar-refractivity contribution in [3.05, 3.63) is 22.8 Å². The highest BCUT2D eigenvalue weighted by Gasteiger charge is 2.22. The fraction of sp³-hybridized carbons (Fsp3) is 0.600. The number of hydrogen-bond donors (Lipinski definition) is 1. The van der Waals surface area contributed by atoms with Crippen LogP contribution in [0.5, 0.6) is 0 Å². The zero-order valence-electron chi connectivity index (χ0n) is 9.74. The molecule has 7 heteroatoms. The fourth-order valence-electron chi connectivity index (χ4n) is 1.95. The van der Waals surface area contributed by atoms with Crippen molar-refractivity contribution >= 4 is 11.6 Å². The first kappa shape index (κ1) is 11.6. The SMILES string of the molecule is CCC1CNCCN1c1ncc(N=[N+]=[N-])cn1. The fourth-order valence-corrected chi connectivity index (χ4v) is 1.95. The average molecular weight is 233 g/mol. The minimum atomic E-state index is 0.425. The molecule has 0 spiro atoms. The average Bonchev–Trinajstić information content (AvgIpc) is 2.40. The molecule has 1 saturated heterocycles. The van der Waals surface area contributed by atoms with E-state index in [0.717, 1.165) is 26.1 Å². The molecule has 0 saturated carbocycles. The molecule has 2 heterocycles. The Labute approximate surface area is 99.5 Å². The van der Waals surface area contributed by atoms with E-state index >= 15 is 0 Å². The van der Waals surface area contributed by atoms with Gasteiger partial charge in [-0.2, -0.15) is 0 Å². The lowest BCUT2D eigenvalue weighted by molar-refractivity contribution is 0.459. The smallest absolute Gasteiger partial charge is 0.225 e. The van der Waals surface area contributed by atoms with Crippen LogP contribution < -0.4 is 10.2 Å². The number of azide groups is 1. The van der Waals surface area contributed by atoms with Gasteiger partial charge in [-0.3, -0.25) is 0 Å². The number of anilines is 1. The van der Waals surface area contributed by atoms with E-state index in [1.807, 2.05) is 0 Å². The van der Waals surface area contributed by atoms with Crippen LogP contribution in [0.2, 0.25) is 0 Å². The third kappa shape index (κ3) is 2.64. The van der Waals surface area contributed by atoms with Crippen LogP contribution in [0, 0.1) is 0 Å². The largest absolute Gasteiger partial charge is 0.335 e. The molecule has 2 rings (SSSR count). The molecule has 0 aliphatic carbocycles. The second-order valence-electron chi connectivity index (χ2n) is 3.89. The van der Waals surface area contributed by atoms with Gasteiger partial charge in [0.25, 0.3) is 0 Å². The van der Waals surface area contributed by atoms with Gasteiger partial charge in [-0.05, 0) is 12.0 Å². The molecule has 1 N–H and O–H groups in total. The lowest BCUT2D eigenvalue weighted by Gasteiger charge is -2.35. The molecule has 1 atom stereocenters. The maximum atomic E-state index is 8.30. The van der Waals surface area contributed by atoms with E-state index in [-0.39, 0.29) is 0 Å². The summed E-state index contributed by atoms with van der Waals surface area (Å²) >= 11 is 0. The van der Waals surface area contributed by atoms with E-state index in [1.54, 1.807) is 12.4 Å². The number of rotatable bonds is 3. The molecule has 1 aliphatic rings. The molecule has 0 bridgehead atoms. The van der Waals surface area contributed by atoms with Gasteiger partial charge in [0.05, 0.1) is 5.69 Å². The number of nitrogens with zero attached hydrogens (tertiary/aromatic N) is 6. The van der Waals surface area contributed by atoms with Gasteiger partial charge in [0, 0.05) is 43.0 Å². The van der Waals surface area contributed by atoms with Crippen LogP contribution in [0.25, 0.3) is 10.4 Å². The summed E-state index contributed by atoms with van der Waals surface area (Å²) in [5, 5.41) is 6.81. The van der Waals surface area contributed by atoms with Gasteiger partial charge in [-0.25, -0.2) is 9.97 Å². The molecular formula is C10H15N7. The summed E-state index contributed by atoms with van der Waals surface area (Å²) in [6.45, 7) is 4.95. The Kier molecular flexibility index (Phi) is 3.74. The van der Waals surface area contributed by atoms with Crippen LogP contribution in [-0.4, -0.2) is 35.6 Å². The summed E-state index contributed by atoms with van der Waals surface area (Å²) in [4.78, 5) is 13.4. The van der Waals surface area contributed by atoms with Gasteiger partial charge in [-0.1, -0.05) is 12.0 Å². The molecule has 90 valence electrons. The first-order valence-corrected chi connectivity index (χ1v) is 5.69. The van der Waals surface area contributed by atoms with Crippen molar-refractivity contribution in [1.82, 2.24) is 15.3 Å². The summed E-state index contributed by atoms with van der Waals surface area (Å²) in [5.74, 6) is 0.704. The van der Waals surface area contributed by atoms with Gasteiger partial charge in [0.1, 0.15) is 0 Å². The third-order valence-electron chi connectivity index (χ3n) is 2.86. The number of hydrogen-bond acceptors (Lipinski definition) is 5. The Morgan fingerprint density at radius 2 is 2.35 bits per heavy atom. The topological polar surface area (TPSA) is 89.8 Å². The van der Waals surface area contributed by atoms with Gasteiger partial charge in [-0.15, -0.1) is 0 Å². The molecule has 0 aromatic carbocycles. The van der Waals surface area contributed by atoms with Crippen LogP contribution in [0.15, 0.2) is 17.5 Å². The van der Waals surface area contributed by atoms with Gasteiger partial charge < -0.3 is 10.2 Å². The molecule has 0 radical (unpaired) electrons. The third-order valence-corrected chi connectivity index (χ3v) is 2.86. The lowest BCUT2D eigenvalue weighted by Crippen LogP contribution is -2.51. The molecule has 0 amide bonds. The summed E-state index contributed by atoms with van der Waals surface area (Å²) in [6, 6.07) is 0.425. The predicted octanol–water partition coefficient (Wildman–Crippen LogP) is 1.61. The zero-order chi connectivity index (χ0) is 12.1. The highest BCUT2D eigenvalue weighted by Crippen LogP contribution is 2.17. The lowest BCUT2D eigenvalue weighted by atomic mass is 10.1. The highest BCUT2D eigenvalue weighted by molar-refractivity contribution is 5.38. The Balaban J connectivity index is 2.17. The maximum absolute atomic E-state index is 8.30. The molecule has 1 aromatic rings. The quantitative estimate of drug-likeness (QED) is 0.488. The highest BCUT2D eigenvalue weighted by atomic mass is 15.3. The van der Waals surface area contributed by atoms with Crippen molar-refractivity contribution in [3.8, 4) is 0 Å². The predicted molar refractivity (Wildman–Crippen MR) is 65.1 cm³/mol. The van der Waals surface area contributed by atoms with Crippen molar-refractivity contribution in [2.24, 2.45) is 5.11 Å². The van der Waals surface area contributed by atoms with Crippen LogP contribution in [0.1, 0.15) is 13.3 Å². The second kappa shape index (κ2) is 5.47. The Bertz CT molecular complexity index is 409. The van der Waals surface area contributed by atoms with Crippen LogP contribution in [0.3, 0.4) is 0 Å². The van der Waals surface area contributed by atoms with E-state index in [0.29, 0.717) is 17.7 Å². The Hall–Kier alpha value is -1.85. The summed E-state index contributed by atoms with van der Waals surface area (Å²) < 4.78 is 0.